The molecule has 0 radical (unpaired) electrons. The Morgan fingerprint density at radius 2 is 2.00 bits per heavy atom. The molecule has 1 aromatic rings. The Balaban J connectivity index is 1.71. The van der Waals surface area contributed by atoms with Gasteiger partial charge in [0.2, 0.25) is 11.8 Å². The quantitative estimate of drug-likeness (QED) is 0.840. The number of nitrogens with two attached hydrogens (primary N) is 1. The van der Waals surface area contributed by atoms with Gasteiger partial charge >= 0.3 is 0 Å². The number of primary amides is 1. The van der Waals surface area contributed by atoms with Gasteiger partial charge in [0.15, 0.2) is 0 Å². The van der Waals surface area contributed by atoms with Crippen LogP contribution < -0.4 is 11.1 Å². The van der Waals surface area contributed by atoms with Crippen LogP contribution in [0.1, 0.15) is 51.6 Å². The predicted molar refractivity (Wildman–Crippen MR) is 100 cm³/mol. The molecule has 1 aromatic heterocycles. The summed E-state index contributed by atoms with van der Waals surface area (Å²) in [7, 11) is 1.99. The maximum atomic E-state index is 12.6. The Bertz CT molecular complexity index is 678. The van der Waals surface area contributed by atoms with Gasteiger partial charge in [0.1, 0.15) is 0 Å². The van der Waals surface area contributed by atoms with E-state index in [2.05, 4.69) is 16.4 Å². The highest BCUT2D eigenvalue weighted by Crippen LogP contribution is 2.50. The Labute approximate surface area is 155 Å². The number of nitrogens with one attached hydrogen (secondary N) is 1. The summed E-state index contributed by atoms with van der Waals surface area (Å²) in [6, 6.07) is 6.04. The first-order valence-electron chi connectivity index (χ1n) is 9.40. The fourth-order valence-corrected chi connectivity index (χ4v) is 4.50. The van der Waals surface area contributed by atoms with Crippen LogP contribution in [0.5, 0.6) is 0 Å². The molecule has 0 atom stereocenters. The lowest BCUT2D eigenvalue weighted by Gasteiger charge is -2.44. The molecule has 3 N–H and O–H groups in total. The van der Waals surface area contributed by atoms with Gasteiger partial charge in [-0.25, -0.2) is 0 Å². The molecule has 2 heterocycles. The molecule has 1 saturated heterocycles. The van der Waals surface area contributed by atoms with E-state index >= 15 is 0 Å². The molecule has 1 aliphatic carbocycles. The van der Waals surface area contributed by atoms with E-state index < -0.39 is 5.41 Å². The van der Waals surface area contributed by atoms with Crippen molar-refractivity contribution < 1.29 is 9.59 Å². The van der Waals surface area contributed by atoms with E-state index in [1.807, 2.05) is 44.1 Å². The molecule has 6 nitrogen and oxygen atoms in total. The second-order valence-electron chi connectivity index (χ2n) is 8.72. The summed E-state index contributed by atoms with van der Waals surface area (Å²) in [6.45, 7) is 4.74. The van der Waals surface area contributed by atoms with Crippen molar-refractivity contribution in [3.05, 3.63) is 30.1 Å². The van der Waals surface area contributed by atoms with Gasteiger partial charge in [-0.1, -0.05) is 6.07 Å². The lowest BCUT2D eigenvalue weighted by molar-refractivity contribution is -0.132. The molecule has 1 aliphatic heterocycles. The first-order valence-corrected chi connectivity index (χ1v) is 9.40. The van der Waals surface area contributed by atoms with Crippen LogP contribution in [-0.4, -0.2) is 41.8 Å². The normalized spacial score (nSPS) is 29.3. The molecule has 0 aromatic carbocycles. The van der Waals surface area contributed by atoms with Crippen LogP contribution in [0.25, 0.3) is 0 Å². The van der Waals surface area contributed by atoms with Crippen molar-refractivity contribution in [1.29, 1.82) is 0 Å². The average molecular weight is 358 g/mol. The summed E-state index contributed by atoms with van der Waals surface area (Å²) in [5.74, 6) is -0.214. The number of carbonyl (C=O) groups is 2. The van der Waals surface area contributed by atoms with Crippen molar-refractivity contribution in [1.82, 2.24) is 15.2 Å². The van der Waals surface area contributed by atoms with Gasteiger partial charge in [-0.3, -0.25) is 14.6 Å². The standard InChI is InChI=1S/C20H30N4O2/c1-18(2,17(21)26)13-24-14-19(12-16(24)25)7-9-20(22-3,10-8-19)15-6-4-5-11-23-15/h4-6,11,22H,7-10,12-14H2,1-3H3,(H2,21,26)/t19-,20+. The third-order valence-corrected chi connectivity index (χ3v) is 6.46. The van der Waals surface area contributed by atoms with Crippen LogP contribution in [0.2, 0.25) is 0 Å². The molecule has 1 spiro atoms. The monoisotopic (exact) mass is 358 g/mol. The van der Waals surface area contributed by atoms with Crippen molar-refractivity contribution in [3.63, 3.8) is 0 Å². The molecule has 0 unspecified atom stereocenters. The maximum Gasteiger partial charge on any atom is 0.224 e. The van der Waals surface area contributed by atoms with Crippen molar-refractivity contribution in [3.8, 4) is 0 Å². The number of amides is 2. The van der Waals surface area contributed by atoms with Crippen LogP contribution in [0.3, 0.4) is 0 Å². The zero-order valence-electron chi connectivity index (χ0n) is 16.0. The highest BCUT2D eigenvalue weighted by molar-refractivity contribution is 5.83. The van der Waals surface area contributed by atoms with Crippen LogP contribution in [0.4, 0.5) is 0 Å². The number of carbonyl (C=O) groups excluding carboxylic acids is 2. The smallest absolute Gasteiger partial charge is 0.224 e. The second kappa shape index (κ2) is 6.65. The fraction of sp³-hybridized carbons (Fsp3) is 0.650. The van der Waals surface area contributed by atoms with Gasteiger partial charge in [0, 0.05) is 25.7 Å². The van der Waals surface area contributed by atoms with Crippen molar-refractivity contribution in [2.24, 2.45) is 16.6 Å². The fourth-order valence-electron chi connectivity index (χ4n) is 4.50. The molecule has 3 rings (SSSR count). The summed E-state index contributed by atoms with van der Waals surface area (Å²) in [4.78, 5) is 30.6. The van der Waals surface area contributed by atoms with Crippen molar-refractivity contribution >= 4 is 11.8 Å². The Morgan fingerprint density at radius 1 is 1.31 bits per heavy atom. The van der Waals surface area contributed by atoms with E-state index in [1.54, 1.807) is 0 Å². The lowest BCUT2D eigenvalue weighted by atomic mass is 9.65. The minimum Gasteiger partial charge on any atom is -0.369 e. The van der Waals surface area contributed by atoms with E-state index in [4.69, 9.17) is 5.73 Å². The minimum absolute atomic E-state index is 0.0138. The van der Waals surface area contributed by atoms with E-state index in [0.29, 0.717) is 13.0 Å². The molecule has 0 bridgehead atoms. The second-order valence-corrected chi connectivity index (χ2v) is 8.72. The molecule has 26 heavy (non-hydrogen) atoms. The Hall–Kier alpha value is -1.95. The highest BCUT2D eigenvalue weighted by Gasteiger charge is 2.50. The summed E-state index contributed by atoms with van der Waals surface area (Å²) in [5.41, 5.74) is 5.77. The van der Waals surface area contributed by atoms with Gasteiger partial charge in [-0.2, -0.15) is 0 Å². The third kappa shape index (κ3) is 3.34. The molecule has 2 fully saturated rings. The van der Waals surface area contributed by atoms with Crippen LogP contribution in [-0.2, 0) is 15.1 Å². The number of nitrogens with zero attached hydrogens (tertiary/aromatic N) is 2. The van der Waals surface area contributed by atoms with Gasteiger partial charge < -0.3 is 16.0 Å². The number of pyridine rings is 1. The zero-order valence-corrected chi connectivity index (χ0v) is 16.0. The summed E-state index contributed by atoms with van der Waals surface area (Å²) in [5, 5.41) is 3.49. The predicted octanol–water partition coefficient (Wildman–Crippen LogP) is 1.80. The molecule has 142 valence electrons. The van der Waals surface area contributed by atoms with Crippen molar-refractivity contribution in [2.45, 2.75) is 51.5 Å². The Morgan fingerprint density at radius 3 is 2.54 bits per heavy atom. The number of hydrogen-bond donors (Lipinski definition) is 2. The first-order chi connectivity index (χ1) is 12.2. The van der Waals surface area contributed by atoms with Gasteiger partial charge in [-0.15, -0.1) is 0 Å². The van der Waals surface area contributed by atoms with Gasteiger partial charge in [-0.05, 0) is 64.1 Å². The SMILES string of the molecule is CN[C@]1(c2ccccn2)CC[C@]2(CC1)CC(=O)N(CC(C)(C)C(N)=O)C2. The molecule has 1 saturated carbocycles. The topological polar surface area (TPSA) is 88.3 Å². The molecule has 2 amide bonds. The molecular weight excluding hydrogens is 328 g/mol. The number of aromatic nitrogens is 1. The van der Waals surface area contributed by atoms with Crippen LogP contribution >= 0.6 is 0 Å². The minimum atomic E-state index is -0.696. The van der Waals surface area contributed by atoms with E-state index in [9.17, 15) is 9.59 Å². The molecule has 2 aliphatic rings. The average Bonchev–Trinajstić information content (AvgIpc) is 2.91. The maximum absolute atomic E-state index is 12.6. The number of likely N-dealkylation sites (tertiary alicyclic amines) is 1. The van der Waals surface area contributed by atoms with E-state index in [-0.39, 0.29) is 22.8 Å². The summed E-state index contributed by atoms with van der Waals surface area (Å²) >= 11 is 0. The van der Waals surface area contributed by atoms with E-state index in [1.165, 1.54) is 0 Å². The first kappa shape index (κ1) is 18.8. The number of rotatable bonds is 5. The van der Waals surface area contributed by atoms with Crippen LogP contribution in [0.15, 0.2) is 24.4 Å². The Kier molecular flexibility index (Phi) is 4.82. The largest absolute Gasteiger partial charge is 0.369 e. The highest BCUT2D eigenvalue weighted by atomic mass is 16.2. The van der Waals surface area contributed by atoms with Gasteiger partial charge in [0.25, 0.3) is 0 Å². The molecular formula is C20H30N4O2. The third-order valence-electron chi connectivity index (χ3n) is 6.46. The van der Waals surface area contributed by atoms with Crippen molar-refractivity contribution in [2.75, 3.05) is 20.1 Å². The summed E-state index contributed by atoms with van der Waals surface area (Å²) in [6.07, 6.45) is 6.28. The molecule has 6 heteroatoms. The number of hydrogen-bond acceptors (Lipinski definition) is 4. The lowest BCUT2D eigenvalue weighted by Crippen LogP contribution is -2.48. The zero-order chi connectivity index (χ0) is 19.0. The van der Waals surface area contributed by atoms with Gasteiger partial charge in [0.05, 0.1) is 16.6 Å². The summed E-state index contributed by atoms with van der Waals surface area (Å²) < 4.78 is 0. The van der Waals surface area contributed by atoms with Crippen LogP contribution in [0, 0.1) is 10.8 Å². The van der Waals surface area contributed by atoms with E-state index in [0.717, 1.165) is 37.9 Å².